The molecule has 0 radical (unpaired) electrons. The van der Waals surface area contributed by atoms with Gasteiger partial charge in [0.05, 0.1) is 24.4 Å². The summed E-state index contributed by atoms with van der Waals surface area (Å²) in [6.45, 7) is 7.90. The van der Waals surface area contributed by atoms with Crippen molar-refractivity contribution in [2.45, 2.75) is 32.7 Å². The highest BCUT2D eigenvalue weighted by Crippen LogP contribution is 2.34. The smallest absolute Gasteiger partial charge is 0.225 e. The predicted molar refractivity (Wildman–Crippen MR) is 95.9 cm³/mol. The van der Waals surface area contributed by atoms with E-state index in [4.69, 9.17) is 0 Å². The van der Waals surface area contributed by atoms with E-state index in [1.165, 1.54) is 0 Å². The molecule has 7 heteroatoms. The van der Waals surface area contributed by atoms with Gasteiger partial charge >= 0.3 is 0 Å². The molecule has 0 spiro atoms. The second kappa shape index (κ2) is 6.63. The summed E-state index contributed by atoms with van der Waals surface area (Å²) in [5, 5.41) is 15.1. The maximum Gasteiger partial charge on any atom is 0.225 e. The van der Waals surface area contributed by atoms with Gasteiger partial charge in [-0.1, -0.05) is 20.8 Å². The van der Waals surface area contributed by atoms with Crippen LogP contribution in [-0.2, 0) is 18.9 Å². The van der Waals surface area contributed by atoms with E-state index in [0.29, 0.717) is 6.54 Å². The number of aromatic nitrogens is 4. The summed E-state index contributed by atoms with van der Waals surface area (Å²) in [5.74, 6) is 0.150. The zero-order valence-corrected chi connectivity index (χ0v) is 15.7. The van der Waals surface area contributed by atoms with Gasteiger partial charge in [-0.05, 0) is 11.0 Å². The predicted octanol–water partition coefficient (Wildman–Crippen LogP) is 1.36. The van der Waals surface area contributed by atoms with E-state index in [2.05, 4.69) is 41.6 Å². The first-order valence-corrected chi connectivity index (χ1v) is 8.74. The molecular formula is C18H28N6O. The molecule has 0 aromatic carbocycles. The molecule has 1 amide bonds. The molecule has 0 bridgehead atoms. The average Bonchev–Trinajstić information content (AvgIpc) is 3.23. The highest BCUT2D eigenvalue weighted by Gasteiger charge is 2.37. The number of nitrogens with one attached hydrogen (secondary N) is 2. The van der Waals surface area contributed by atoms with Crippen molar-refractivity contribution in [3.8, 4) is 0 Å². The van der Waals surface area contributed by atoms with E-state index in [-0.39, 0.29) is 29.2 Å². The number of aryl methyl sites for hydroxylation is 2. The number of carbonyl (C=O) groups is 1. The molecule has 7 nitrogen and oxygen atoms in total. The quantitative estimate of drug-likeness (QED) is 0.878. The fourth-order valence-corrected chi connectivity index (χ4v) is 3.57. The molecule has 2 N–H and O–H groups in total. The maximum atomic E-state index is 13.1. The van der Waals surface area contributed by atoms with E-state index < -0.39 is 0 Å². The van der Waals surface area contributed by atoms with Crippen LogP contribution in [0, 0.1) is 11.3 Å². The number of hydrogen-bond acceptors (Lipinski definition) is 4. The monoisotopic (exact) mass is 344 g/mol. The average molecular weight is 344 g/mol. The second-order valence-electron chi connectivity index (χ2n) is 8.07. The summed E-state index contributed by atoms with van der Waals surface area (Å²) in [4.78, 5) is 13.1. The van der Waals surface area contributed by atoms with Crippen LogP contribution in [0.25, 0.3) is 0 Å². The molecule has 25 heavy (non-hydrogen) atoms. The summed E-state index contributed by atoms with van der Waals surface area (Å²) < 4.78 is 3.56. The van der Waals surface area contributed by atoms with Gasteiger partial charge < -0.3 is 10.6 Å². The van der Waals surface area contributed by atoms with Crippen molar-refractivity contribution in [3.05, 3.63) is 35.9 Å². The van der Waals surface area contributed by atoms with Crippen LogP contribution in [0.2, 0.25) is 0 Å². The van der Waals surface area contributed by atoms with Crippen LogP contribution < -0.4 is 10.6 Å². The lowest BCUT2D eigenvalue weighted by Crippen LogP contribution is -2.41. The van der Waals surface area contributed by atoms with Gasteiger partial charge in [0.25, 0.3) is 0 Å². The Morgan fingerprint density at radius 2 is 1.88 bits per heavy atom. The van der Waals surface area contributed by atoms with Crippen molar-refractivity contribution in [1.82, 2.24) is 30.2 Å². The molecule has 1 unspecified atom stereocenters. The van der Waals surface area contributed by atoms with Crippen molar-refractivity contribution in [1.29, 1.82) is 0 Å². The largest absolute Gasteiger partial charge is 0.348 e. The molecular weight excluding hydrogens is 316 g/mol. The van der Waals surface area contributed by atoms with Crippen LogP contribution >= 0.6 is 0 Å². The Kier molecular flexibility index (Phi) is 4.69. The molecule has 0 aliphatic carbocycles. The van der Waals surface area contributed by atoms with Gasteiger partial charge in [-0.2, -0.15) is 10.2 Å². The zero-order chi connectivity index (χ0) is 18.2. The van der Waals surface area contributed by atoms with Crippen molar-refractivity contribution in [2.24, 2.45) is 25.4 Å². The number of carbonyl (C=O) groups excluding carboxylic acids is 1. The van der Waals surface area contributed by atoms with Crippen LogP contribution in [0.15, 0.2) is 24.8 Å². The molecule has 0 saturated carbocycles. The number of hydrogen-bond donors (Lipinski definition) is 2. The molecule has 1 fully saturated rings. The SMILES string of the molecule is Cn1cc(C(NC(=O)[C@H]2CNC[C@@H]2c2cnn(C)c2)C(C)(C)C)cn1. The Morgan fingerprint density at radius 3 is 2.44 bits per heavy atom. The minimum atomic E-state index is -0.103. The van der Waals surface area contributed by atoms with Crippen LogP contribution in [-0.4, -0.2) is 38.6 Å². The van der Waals surface area contributed by atoms with Crippen molar-refractivity contribution < 1.29 is 4.79 Å². The van der Waals surface area contributed by atoms with Crippen LogP contribution in [0.4, 0.5) is 0 Å². The molecule has 1 aliphatic heterocycles. The number of amides is 1. The van der Waals surface area contributed by atoms with Gasteiger partial charge in [0.1, 0.15) is 0 Å². The molecule has 2 aromatic heterocycles. The fraction of sp³-hybridized carbons (Fsp3) is 0.611. The first-order valence-electron chi connectivity index (χ1n) is 8.74. The van der Waals surface area contributed by atoms with Gasteiger partial charge in [-0.25, -0.2) is 0 Å². The third-order valence-corrected chi connectivity index (χ3v) is 4.91. The lowest BCUT2D eigenvalue weighted by atomic mass is 9.82. The Balaban J connectivity index is 1.79. The second-order valence-corrected chi connectivity index (χ2v) is 8.07. The van der Waals surface area contributed by atoms with Crippen molar-refractivity contribution in [2.75, 3.05) is 13.1 Å². The standard InChI is InChI=1S/C18H28N6O/c1-18(2,3)16(13-7-21-24(5)11-13)22-17(25)15-9-19-8-14(15)12-6-20-23(4)10-12/h6-7,10-11,14-16,19H,8-9H2,1-5H3,(H,22,25)/t14-,15+,16?/m1/s1. The first-order chi connectivity index (χ1) is 11.8. The van der Waals surface area contributed by atoms with E-state index in [9.17, 15) is 4.79 Å². The van der Waals surface area contributed by atoms with E-state index >= 15 is 0 Å². The highest BCUT2D eigenvalue weighted by molar-refractivity contribution is 5.81. The Bertz CT molecular complexity index is 741. The maximum absolute atomic E-state index is 13.1. The van der Waals surface area contributed by atoms with E-state index in [1.54, 1.807) is 9.36 Å². The molecule has 1 saturated heterocycles. The summed E-state index contributed by atoms with van der Waals surface area (Å²) in [5.41, 5.74) is 2.04. The fourth-order valence-electron chi connectivity index (χ4n) is 3.57. The van der Waals surface area contributed by atoms with Crippen molar-refractivity contribution in [3.63, 3.8) is 0 Å². The van der Waals surface area contributed by atoms with Crippen molar-refractivity contribution >= 4 is 5.91 Å². The number of rotatable bonds is 4. The molecule has 3 heterocycles. The van der Waals surface area contributed by atoms with Gasteiger partial charge in [0, 0.05) is 51.1 Å². The molecule has 2 aromatic rings. The first kappa shape index (κ1) is 17.7. The van der Waals surface area contributed by atoms with Gasteiger partial charge in [-0.3, -0.25) is 14.2 Å². The van der Waals surface area contributed by atoms with Crippen LogP contribution in [0.3, 0.4) is 0 Å². The summed E-state index contributed by atoms with van der Waals surface area (Å²) in [6, 6.07) is -0.0798. The van der Waals surface area contributed by atoms with Gasteiger partial charge in [0.2, 0.25) is 5.91 Å². The van der Waals surface area contributed by atoms with Crippen LogP contribution in [0.1, 0.15) is 43.9 Å². The number of nitrogens with zero attached hydrogens (tertiary/aromatic N) is 4. The van der Waals surface area contributed by atoms with Gasteiger partial charge in [-0.15, -0.1) is 0 Å². The molecule has 3 rings (SSSR count). The third kappa shape index (κ3) is 3.76. The van der Waals surface area contributed by atoms with E-state index in [0.717, 1.165) is 17.7 Å². The molecule has 3 atom stereocenters. The van der Waals surface area contributed by atoms with Gasteiger partial charge in [0.15, 0.2) is 0 Å². The topological polar surface area (TPSA) is 76.8 Å². The minimum Gasteiger partial charge on any atom is -0.348 e. The zero-order valence-electron chi connectivity index (χ0n) is 15.7. The molecule has 136 valence electrons. The van der Waals surface area contributed by atoms with E-state index in [1.807, 2.05) is 38.9 Å². The summed E-state index contributed by atoms with van der Waals surface area (Å²) in [6.07, 6.45) is 7.67. The Hall–Kier alpha value is -2.15. The lowest BCUT2D eigenvalue weighted by Gasteiger charge is -2.32. The lowest BCUT2D eigenvalue weighted by molar-refractivity contribution is -0.126. The third-order valence-electron chi connectivity index (χ3n) is 4.91. The summed E-state index contributed by atoms with van der Waals surface area (Å²) in [7, 11) is 3.80. The normalized spacial score (nSPS) is 22.1. The minimum absolute atomic E-state index is 0.0798. The summed E-state index contributed by atoms with van der Waals surface area (Å²) >= 11 is 0. The van der Waals surface area contributed by atoms with Crippen LogP contribution in [0.5, 0.6) is 0 Å². The molecule has 1 aliphatic rings. The Morgan fingerprint density at radius 1 is 1.20 bits per heavy atom. The highest BCUT2D eigenvalue weighted by atomic mass is 16.2. The Labute approximate surface area is 148 Å².